The summed E-state index contributed by atoms with van der Waals surface area (Å²) in [6.45, 7) is 3.29. The molecule has 0 fully saturated rings. The second-order valence-electron chi connectivity index (χ2n) is 2.18. The van der Waals surface area contributed by atoms with E-state index < -0.39 is 15.8 Å². The van der Waals surface area contributed by atoms with Gasteiger partial charge >= 0.3 is 0 Å². The lowest BCUT2D eigenvalue weighted by Gasteiger charge is -2.09. The van der Waals surface area contributed by atoms with E-state index in [4.69, 9.17) is 0 Å². The van der Waals surface area contributed by atoms with Crippen LogP contribution in [-0.4, -0.2) is 27.0 Å². The van der Waals surface area contributed by atoms with Crippen molar-refractivity contribution in [2.45, 2.75) is 13.8 Å². The first-order valence-corrected chi connectivity index (χ1v) is 7.73. The van der Waals surface area contributed by atoms with Crippen LogP contribution in [0.4, 0.5) is 0 Å². The van der Waals surface area contributed by atoms with Crippen LogP contribution in [0.1, 0.15) is 13.8 Å². The van der Waals surface area contributed by atoms with Crippen molar-refractivity contribution in [2.24, 2.45) is 0 Å². The van der Waals surface area contributed by atoms with Crippen LogP contribution in [-0.2, 0) is 14.0 Å². The largest absolute Gasteiger partial charge is 0.307 e. The van der Waals surface area contributed by atoms with Gasteiger partial charge in [0.15, 0.2) is 15.8 Å². The third-order valence-corrected chi connectivity index (χ3v) is 9.88. The second-order valence-corrected chi connectivity index (χ2v) is 10.5. The Hall–Kier alpha value is 0.180. The van der Waals surface area contributed by atoms with Crippen LogP contribution in [0.3, 0.4) is 0 Å². The highest BCUT2D eigenvalue weighted by atomic mass is 32.8. The van der Waals surface area contributed by atoms with Gasteiger partial charge in [-0.2, -0.15) is 0 Å². The SMILES string of the molecule is CCP(=O)(CC)S(C)(=O)=O. The van der Waals surface area contributed by atoms with E-state index in [-0.39, 0.29) is 12.3 Å². The number of hydrogen-bond donors (Lipinski definition) is 0. The first-order valence-electron chi connectivity index (χ1n) is 3.15. The summed E-state index contributed by atoms with van der Waals surface area (Å²) in [5.74, 6) is 0. The van der Waals surface area contributed by atoms with Gasteiger partial charge in [0.1, 0.15) is 0 Å². The zero-order chi connectivity index (χ0) is 8.41. The Morgan fingerprint density at radius 2 is 1.50 bits per heavy atom. The molecule has 0 radical (unpaired) electrons. The molecular formula is C5H13O3PS. The molecule has 0 aliphatic carbocycles. The third-order valence-electron chi connectivity index (χ3n) is 1.57. The average molecular weight is 184 g/mol. The maximum Gasteiger partial charge on any atom is 0.198 e. The van der Waals surface area contributed by atoms with Gasteiger partial charge in [-0.1, -0.05) is 13.8 Å². The fourth-order valence-electron chi connectivity index (χ4n) is 0.693. The highest BCUT2D eigenvalue weighted by molar-refractivity contribution is 8.52. The van der Waals surface area contributed by atoms with Gasteiger partial charge < -0.3 is 4.57 Å². The molecule has 0 spiro atoms. The molecule has 0 saturated carbocycles. The van der Waals surface area contributed by atoms with Crippen LogP contribution in [0.2, 0.25) is 0 Å². The van der Waals surface area contributed by atoms with Crippen molar-refractivity contribution in [3.63, 3.8) is 0 Å². The first-order chi connectivity index (χ1) is 4.37. The van der Waals surface area contributed by atoms with Crippen molar-refractivity contribution in [3.8, 4) is 0 Å². The van der Waals surface area contributed by atoms with Crippen molar-refractivity contribution < 1.29 is 13.0 Å². The number of rotatable bonds is 3. The van der Waals surface area contributed by atoms with Crippen molar-refractivity contribution in [3.05, 3.63) is 0 Å². The zero-order valence-corrected chi connectivity index (χ0v) is 8.21. The van der Waals surface area contributed by atoms with Gasteiger partial charge in [0.05, 0.1) is 0 Å². The molecule has 0 aromatic carbocycles. The summed E-state index contributed by atoms with van der Waals surface area (Å²) < 4.78 is 33.1. The van der Waals surface area contributed by atoms with Crippen LogP contribution in [0.5, 0.6) is 0 Å². The van der Waals surface area contributed by atoms with Gasteiger partial charge in [0, 0.05) is 18.6 Å². The van der Waals surface area contributed by atoms with Gasteiger partial charge in [-0.3, -0.25) is 0 Å². The molecule has 0 aliphatic rings. The van der Waals surface area contributed by atoms with Gasteiger partial charge in [-0.15, -0.1) is 0 Å². The first kappa shape index (κ1) is 10.2. The van der Waals surface area contributed by atoms with Crippen LogP contribution in [0.15, 0.2) is 0 Å². The van der Waals surface area contributed by atoms with Gasteiger partial charge in [0.25, 0.3) is 0 Å². The predicted octanol–water partition coefficient (Wildman–Crippen LogP) is 1.35. The van der Waals surface area contributed by atoms with Crippen LogP contribution >= 0.6 is 6.34 Å². The summed E-state index contributed by atoms with van der Waals surface area (Å²) in [6, 6.07) is 0. The van der Waals surface area contributed by atoms with E-state index in [0.717, 1.165) is 6.26 Å². The molecule has 0 aliphatic heterocycles. The number of hydrogen-bond acceptors (Lipinski definition) is 3. The molecule has 0 aromatic heterocycles. The van der Waals surface area contributed by atoms with Crippen LogP contribution in [0.25, 0.3) is 0 Å². The molecule has 0 N–H and O–H groups in total. The fourth-order valence-corrected chi connectivity index (χ4v) is 4.89. The summed E-state index contributed by atoms with van der Waals surface area (Å²) in [5.41, 5.74) is 0. The molecule has 0 aromatic rings. The van der Waals surface area contributed by atoms with Gasteiger partial charge in [0.2, 0.25) is 0 Å². The second kappa shape index (κ2) is 3.05. The molecule has 0 unspecified atom stereocenters. The van der Waals surface area contributed by atoms with E-state index in [1.807, 2.05) is 0 Å². The molecule has 0 saturated heterocycles. The molecule has 0 atom stereocenters. The van der Waals surface area contributed by atoms with E-state index in [1.54, 1.807) is 13.8 Å². The van der Waals surface area contributed by atoms with E-state index in [0.29, 0.717) is 0 Å². The van der Waals surface area contributed by atoms with Gasteiger partial charge in [-0.25, -0.2) is 8.42 Å². The molecule has 0 rings (SSSR count). The minimum atomic E-state index is -3.31. The highest BCUT2D eigenvalue weighted by Gasteiger charge is 2.29. The lowest BCUT2D eigenvalue weighted by Crippen LogP contribution is -2.02. The Balaban J connectivity index is 4.89. The Morgan fingerprint density at radius 1 is 1.20 bits per heavy atom. The van der Waals surface area contributed by atoms with Crippen molar-refractivity contribution >= 4 is 15.8 Å². The minimum Gasteiger partial charge on any atom is -0.307 e. The fraction of sp³-hybridized carbons (Fsp3) is 1.00. The zero-order valence-electron chi connectivity index (χ0n) is 6.49. The van der Waals surface area contributed by atoms with E-state index in [1.165, 1.54) is 0 Å². The summed E-state index contributed by atoms with van der Waals surface area (Å²) in [5, 5.41) is 0. The predicted molar refractivity (Wildman–Crippen MR) is 43.5 cm³/mol. The summed E-state index contributed by atoms with van der Waals surface area (Å²) >= 11 is 0. The standard InChI is InChI=1S/C5H13O3PS/c1-4-9(6,5-2)10(3,7)8/h4-5H2,1-3H3. The van der Waals surface area contributed by atoms with Gasteiger partial charge in [-0.05, 0) is 0 Å². The monoisotopic (exact) mass is 184 g/mol. The van der Waals surface area contributed by atoms with E-state index in [9.17, 15) is 13.0 Å². The average Bonchev–Trinajstić information content (AvgIpc) is 1.84. The smallest absolute Gasteiger partial charge is 0.198 e. The van der Waals surface area contributed by atoms with E-state index in [2.05, 4.69) is 0 Å². The third kappa shape index (κ3) is 1.83. The van der Waals surface area contributed by atoms with Crippen LogP contribution < -0.4 is 0 Å². The maximum atomic E-state index is 11.4. The molecule has 0 amide bonds. The molecule has 10 heavy (non-hydrogen) atoms. The molecule has 5 heteroatoms. The minimum absolute atomic E-state index is 0.252. The normalized spacial score (nSPS) is 13.5. The van der Waals surface area contributed by atoms with Crippen molar-refractivity contribution in [1.29, 1.82) is 0 Å². The molecule has 0 heterocycles. The summed E-state index contributed by atoms with van der Waals surface area (Å²) in [7, 11) is -3.31. The maximum absolute atomic E-state index is 11.4. The highest BCUT2D eigenvalue weighted by Crippen LogP contribution is 2.50. The Kier molecular flexibility index (Phi) is 3.11. The van der Waals surface area contributed by atoms with Crippen molar-refractivity contribution in [1.82, 2.24) is 0 Å². The Labute approximate surface area is 61.9 Å². The van der Waals surface area contributed by atoms with Crippen LogP contribution in [0, 0.1) is 0 Å². The quantitative estimate of drug-likeness (QED) is 0.622. The lowest BCUT2D eigenvalue weighted by molar-refractivity contribution is 0.573. The topological polar surface area (TPSA) is 51.2 Å². The Morgan fingerprint density at radius 3 is 1.50 bits per heavy atom. The summed E-state index contributed by atoms with van der Waals surface area (Å²) in [6.07, 6.45) is -1.35. The molecule has 0 bridgehead atoms. The summed E-state index contributed by atoms with van der Waals surface area (Å²) in [4.78, 5) is 0. The van der Waals surface area contributed by atoms with Crippen molar-refractivity contribution in [2.75, 3.05) is 18.6 Å². The lowest BCUT2D eigenvalue weighted by atomic mass is 11.0. The molecule has 62 valence electrons. The Bertz CT molecular complexity index is 234. The molecule has 3 nitrogen and oxygen atoms in total. The molecular weight excluding hydrogens is 171 g/mol. The van der Waals surface area contributed by atoms with E-state index >= 15 is 0 Å².